The summed E-state index contributed by atoms with van der Waals surface area (Å²) in [5.74, 6) is -0.965. The molecule has 2 unspecified atom stereocenters. The van der Waals surface area contributed by atoms with E-state index in [1.165, 1.54) is 4.90 Å². The summed E-state index contributed by atoms with van der Waals surface area (Å²) in [6, 6.07) is 9.60. The van der Waals surface area contributed by atoms with E-state index in [0.29, 0.717) is 35.5 Å². The molecule has 2 atom stereocenters. The van der Waals surface area contributed by atoms with Crippen LogP contribution in [0.3, 0.4) is 0 Å². The van der Waals surface area contributed by atoms with E-state index in [1.807, 2.05) is 0 Å². The number of hydrogen-bond donors (Lipinski definition) is 5. The van der Waals surface area contributed by atoms with Crippen molar-refractivity contribution < 1.29 is 18.0 Å². The minimum atomic E-state index is -4.21. The van der Waals surface area contributed by atoms with E-state index < -0.39 is 28.2 Å². The van der Waals surface area contributed by atoms with Crippen molar-refractivity contribution in [1.29, 1.82) is 5.41 Å². The molecule has 188 valence electrons. The molecule has 1 aliphatic rings. The van der Waals surface area contributed by atoms with Crippen molar-refractivity contribution in [1.82, 2.24) is 14.9 Å². The zero-order valence-electron chi connectivity index (χ0n) is 18.6. The van der Waals surface area contributed by atoms with E-state index in [4.69, 9.17) is 39.5 Å². The minimum Gasteiger partial charge on any atom is -0.384 e. The quantitative estimate of drug-likeness (QED) is 0.237. The van der Waals surface area contributed by atoms with Crippen molar-refractivity contribution in [3.05, 3.63) is 69.2 Å². The van der Waals surface area contributed by atoms with Gasteiger partial charge in [0.05, 0.1) is 10.0 Å². The highest BCUT2D eigenvalue weighted by Crippen LogP contribution is 2.24. The Balaban J connectivity index is 1.71. The molecule has 35 heavy (non-hydrogen) atoms. The number of benzene rings is 2. The lowest BCUT2D eigenvalue weighted by atomic mass is 10.0. The highest BCUT2D eigenvalue weighted by Gasteiger charge is 2.38. The molecule has 7 N–H and O–H groups in total. The lowest BCUT2D eigenvalue weighted by molar-refractivity contribution is -0.139. The molecule has 0 aromatic heterocycles. The number of nitrogens with zero attached hydrogens (tertiary/aromatic N) is 1. The first kappa shape index (κ1) is 26.9. The number of amidine groups is 1. The van der Waals surface area contributed by atoms with Gasteiger partial charge in [0.25, 0.3) is 10.2 Å². The normalized spacial score (nSPS) is 16.7. The van der Waals surface area contributed by atoms with E-state index in [1.54, 1.807) is 42.5 Å². The molecular weight excluding hydrogens is 515 g/mol. The van der Waals surface area contributed by atoms with Gasteiger partial charge in [-0.05, 0) is 42.5 Å². The molecule has 0 bridgehead atoms. The standard InChI is InChI=1S/C22H26Cl2N6O4S/c23-16-8-5-14(10-17(16)24)11-18(29-35(27,33)34)22(32)30-9-1-2-19(30)21(31)28-12-13-3-6-15(7-4-13)20(25)26/h3-8,10,18-19,29H,1-2,9,11-12H2,(H3,25,26)(H,28,31)(H2,27,33,34). The average Bonchev–Trinajstić information content (AvgIpc) is 3.28. The number of amides is 2. The van der Waals surface area contributed by atoms with E-state index in [0.717, 1.165) is 5.56 Å². The summed E-state index contributed by atoms with van der Waals surface area (Å²) in [6.07, 6.45) is 1.00. The topological polar surface area (TPSA) is 171 Å². The van der Waals surface area contributed by atoms with Gasteiger partial charge < -0.3 is 16.0 Å². The first-order valence-electron chi connectivity index (χ1n) is 10.7. The third kappa shape index (κ3) is 7.39. The summed E-state index contributed by atoms with van der Waals surface area (Å²) < 4.78 is 25.7. The van der Waals surface area contributed by atoms with Gasteiger partial charge in [0.1, 0.15) is 17.9 Å². The van der Waals surface area contributed by atoms with Gasteiger partial charge in [0.15, 0.2) is 0 Å². The van der Waals surface area contributed by atoms with Gasteiger partial charge in [-0.15, -0.1) is 0 Å². The fraction of sp³-hybridized carbons (Fsp3) is 0.318. The molecule has 13 heteroatoms. The molecule has 10 nitrogen and oxygen atoms in total. The van der Waals surface area contributed by atoms with Crippen LogP contribution in [0.5, 0.6) is 0 Å². The summed E-state index contributed by atoms with van der Waals surface area (Å²) in [5.41, 5.74) is 7.39. The number of nitrogens with one attached hydrogen (secondary N) is 3. The molecule has 1 aliphatic heterocycles. The maximum atomic E-state index is 13.3. The number of carbonyl (C=O) groups excluding carboxylic acids is 2. The lowest BCUT2D eigenvalue weighted by Gasteiger charge is -2.28. The summed E-state index contributed by atoms with van der Waals surface area (Å²) in [5, 5.41) is 16.0. The SMILES string of the molecule is N=C(N)c1ccc(CNC(=O)C2CCCN2C(=O)C(Cc2ccc(Cl)c(Cl)c2)NS(N)(=O)=O)cc1. The molecule has 0 spiro atoms. The minimum absolute atomic E-state index is 0.0283. The summed E-state index contributed by atoms with van der Waals surface area (Å²) in [6.45, 7) is 0.520. The first-order chi connectivity index (χ1) is 16.4. The monoisotopic (exact) mass is 540 g/mol. The van der Waals surface area contributed by atoms with E-state index >= 15 is 0 Å². The van der Waals surface area contributed by atoms with E-state index in [9.17, 15) is 18.0 Å². The second kappa shape index (κ2) is 11.4. The van der Waals surface area contributed by atoms with Gasteiger partial charge in [0, 0.05) is 18.7 Å². The van der Waals surface area contributed by atoms with Gasteiger partial charge in [-0.3, -0.25) is 15.0 Å². The highest BCUT2D eigenvalue weighted by molar-refractivity contribution is 7.87. The van der Waals surface area contributed by atoms with Crippen LogP contribution in [0.2, 0.25) is 10.0 Å². The van der Waals surface area contributed by atoms with Crippen molar-refractivity contribution in [2.75, 3.05) is 6.54 Å². The third-order valence-corrected chi connectivity index (χ3v) is 6.95. The first-order valence-corrected chi connectivity index (χ1v) is 13.0. The van der Waals surface area contributed by atoms with Crippen molar-refractivity contribution in [2.24, 2.45) is 10.9 Å². The maximum Gasteiger partial charge on any atom is 0.275 e. The van der Waals surface area contributed by atoms with Crippen LogP contribution < -0.4 is 20.9 Å². The molecule has 1 fully saturated rings. The Morgan fingerprint density at radius 1 is 1.11 bits per heavy atom. The predicted molar refractivity (Wildman–Crippen MR) is 134 cm³/mol. The smallest absolute Gasteiger partial charge is 0.275 e. The Morgan fingerprint density at radius 3 is 2.37 bits per heavy atom. The Labute approximate surface area is 213 Å². The fourth-order valence-corrected chi connectivity index (χ4v) is 4.79. The van der Waals surface area contributed by atoms with Gasteiger partial charge >= 0.3 is 0 Å². The molecule has 0 aliphatic carbocycles. The maximum absolute atomic E-state index is 13.3. The Morgan fingerprint density at radius 2 is 1.77 bits per heavy atom. The number of hydrogen-bond acceptors (Lipinski definition) is 5. The van der Waals surface area contributed by atoms with Gasteiger partial charge in [-0.25, -0.2) is 5.14 Å². The Kier molecular flexibility index (Phi) is 8.73. The van der Waals surface area contributed by atoms with Gasteiger partial charge in [0.2, 0.25) is 11.8 Å². The highest BCUT2D eigenvalue weighted by atomic mass is 35.5. The molecule has 1 saturated heterocycles. The van der Waals surface area contributed by atoms with Crippen LogP contribution in [-0.4, -0.2) is 49.6 Å². The zero-order chi connectivity index (χ0) is 25.8. The van der Waals surface area contributed by atoms with Crippen molar-refractivity contribution in [3.63, 3.8) is 0 Å². The Hall–Kier alpha value is -2.70. The van der Waals surface area contributed by atoms with E-state index in [2.05, 4.69) is 10.0 Å². The molecule has 2 aromatic carbocycles. The number of halogens is 2. The zero-order valence-corrected chi connectivity index (χ0v) is 21.0. The largest absolute Gasteiger partial charge is 0.384 e. The molecule has 2 amide bonds. The van der Waals surface area contributed by atoms with Crippen LogP contribution in [0.25, 0.3) is 0 Å². The van der Waals surface area contributed by atoms with Crippen molar-refractivity contribution in [3.8, 4) is 0 Å². The van der Waals surface area contributed by atoms with Crippen LogP contribution in [-0.2, 0) is 32.8 Å². The third-order valence-electron chi connectivity index (χ3n) is 5.60. The summed E-state index contributed by atoms with van der Waals surface area (Å²) >= 11 is 12.0. The van der Waals surface area contributed by atoms with Gasteiger partial charge in [-0.1, -0.05) is 53.5 Å². The van der Waals surface area contributed by atoms with Crippen LogP contribution >= 0.6 is 23.2 Å². The van der Waals surface area contributed by atoms with Crippen molar-refractivity contribution >= 4 is 51.1 Å². The number of rotatable bonds is 9. The molecule has 0 radical (unpaired) electrons. The predicted octanol–water partition coefficient (Wildman–Crippen LogP) is 1.29. The second-order valence-electron chi connectivity index (χ2n) is 8.19. The number of carbonyl (C=O) groups is 2. The second-order valence-corrected chi connectivity index (χ2v) is 10.3. The summed E-state index contributed by atoms with van der Waals surface area (Å²) in [7, 11) is -4.21. The number of nitrogen functional groups attached to an aromatic ring is 1. The molecule has 0 saturated carbocycles. The van der Waals surface area contributed by atoms with Crippen molar-refractivity contribution in [2.45, 2.75) is 37.9 Å². The fourth-order valence-electron chi connectivity index (χ4n) is 3.89. The van der Waals surface area contributed by atoms with Crippen LogP contribution in [0.4, 0.5) is 0 Å². The van der Waals surface area contributed by atoms with Crippen LogP contribution in [0.1, 0.15) is 29.5 Å². The van der Waals surface area contributed by atoms with E-state index in [-0.39, 0.29) is 29.7 Å². The lowest BCUT2D eigenvalue weighted by Crippen LogP contribution is -2.55. The molecule has 2 aromatic rings. The summed E-state index contributed by atoms with van der Waals surface area (Å²) in [4.78, 5) is 27.6. The molecular formula is C22H26Cl2N6O4S. The van der Waals surface area contributed by atoms with Crippen LogP contribution in [0.15, 0.2) is 42.5 Å². The number of likely N-dealkylation sites (tertiary alicyclic amines) is 1. The van der Waals surface area contributed by atoms with Gasteiger partial charge in [-0.2, -0.15) is 13.1 Å². The average molecular weight is 541 g/mol. The van der Waals surface area contributed by atoms with Crippen LogP contribution in [0, 0.1) is 5.41 Å². The molecule has 3 rings (SSSR count). The Bertz CT molecular complexity index is 1220. The molecule has 1 heterocycles. The number of nitrogens with two attached hydrogens (primary N) is 2.